The molecule has 2 aliphatic heterocycles. The molecule has 2 aromatic heterocycles. The highest BCUT2D eigenvalue weighted by atomic mass is 35.5. The second-order valence-corrected chi connectivity index (χ2v) is 11.0. The van der Waals surface area contributed by atoms with Gasteiger partial charge in [0.15, 0.2) is 0 Å². The van der Waals surface area contributed by atoms with Crippen LogP contribution in [-0.2, 0) is 11.3 Å². The average molecular weight is 538 g/mol. The summed E-state index contributed by atoms with van der Waals surface area (Å²) in [5.41, 5.74) is 9.48. The lowest BCUT2D eigenvalue weighted by molar-refractivity contribution is 0.133. The van der Waals surface area contributed by atoms with E-state index in [0.29, 0.717) is 28.5 Å². The molecule has 194 valence electrons. The monoisotopic (exact) mass is 537 g/mol. The number of hydrogen-bond acceptors (Lipinski definition) is 9. The molecule has 0 unspecified atom stereocenters. The third kappa shape index (κ3) is 5.79. The number of benzene rings is 1. The van der Waals surface area contributed by atoms with Gasteiger partial charge in [0.2, 0.25) is 0 Å². The first-order valence-electron chi connectivity index (χ1n) is 12.4. The second-order valence-electron chi connectivity index (χ2n) is 9.58. The number of nitrogens with two attached hydrogens (primary N) is 1. The standard InChI is InChI=1S/C27H32ClN7OS/c1-18(31-13-19-3-6-22(29)32-14-19)25-20(30-2)4-5-21(26(25)28)37-24-16-33-23(15-34-24)35-10-7-27(8-11-35)9-12-36-17-27/h3-6,14-16,30-31H,1,7-13,17H2,2H3,(H2,29,32). The molecule has 0 bridgehead atoms. The van der Waals surface area contributed by atoms with Crippen LogP contribution in [0.1, 0.15) is 30.4 Å². The van der Waals surface area contributed by atoms with E-state index in [0.717, 1.165) is 71.7 Å². The quantitative estimate of drug-likeness (QED) is 0.363. The van der Waals surface area contributed by atoms with Gasteiger partial charge in [-0.3, -0.25) is 0 Å². The molecule has 2 fully saturated rings. The molecule has 1 aromatic carbocycles. The number of pyridine rings is 1. The Morgan fingerprint density at radius 1 is 1.14 bits per heavy atom. The Morgan fingerprint density at radius 2 is 1.97 bits per heavy atom. The van der Waals surface area contributed by atoms with Crippen molar-refractivity contribution in [2.45, 2.75) is 35.7 Å². The van der Waals surface area contributed by atoms with Crippen LogP contribution in [0.25, 0.3) is 5.70 Å². The molecule has 8 nitrogen and oxygen atoms in total. The topological polar surface area (TPSA) is 101 Å². The van der Waals surface area contributed by atoms with Gasteiger partial charge in [-0.15, -0.1) is 0 Å². The van der Waals surface area contributed by atoms with Crippen molar-refractivity contribution in [3.05, 3.63) is 65.6 Å². The Labute approximate surface area is 227 Å². The molecule has 0 amide bonds. The van der Waals surface area contributed by atoms with Gasteiger partial charge in [0.25, 0.3) is 0 Å². The van der Waals surface area contributed by atoms with Crippen molar-refractivity contribution in [1.29, 1.82) is 0 Å². The lowest BCUT2D eigenvalue weighted by Gasteiger charge is -2.38. The molecular formula is C27H32ClN7OS. The van der Waals surface area contributed by atoms with Crippen LogP contribution < -0.4 is 21.3 Å². The molecule has 3 aromatic rings. The van der Waals surface area contributed by atoms with Crippen LogP contribution in [0, 0.1) is 5.41 Å². The summed E-state index contributed by atoms with van der Waals surface area (Å²) < 4.78 is 5.66. The average Bonchev–Trinajstić information content (AvgIpc) is 3.38. The second kappa shape index (κ2) is 11.2. The van der Waals surface area contributed by atoms with Gasteiger partial charge in [0.05, 0.1) is 24.0 Å². The molecule has 37 heavy (non-hydrogen) atoms. The molecule has 4 heterocycles. The number of aromatic nitrogens is 3. The van der Waals surface area contributed by atoms with Crippen LogP contribution in [0.4, 0.5) is 17.3 Å². The van der Waals surface area contributed by atoms with E-state index in [2.05, 4.69) is 32.1 Å². The van der Waals surface area contributed by atoms with Gasteiger partial charge < -0.3 is 26.0 Å². The summed E-state index contributed by atoms with van der Waals surface area (Å²) in [4.78, 5) is 16.7. The zero-order valence-corrected chi connectivity index (χ0v) is 22.5. The van der Waals surface area contributed by atoms with Crippen LogP contribution in [-0.4, -0.2) is 48.3 Å². The fourth-order valence-corrected chi connectivity index (χ4v) is 6.03. The first kappa shape index (κ1) is 25.6. The van der Waals surface area contributed by atoms with Crippen molar-refractivity contribution in [2.24, 2.45) is 5.41 Å². The van der Waals surface area contributed by atoms with Gasteiger partial charge in [-0.1, -0.05) is 36.0 Å². The summed E-state index contributed by atoms with van der Waals surface area (Å²) in [6, 6.07) is 7.70. The van der Waals surface area contributed by atoms with E-state index in [-0.39, 0.29) is 0 Å². The molecule has 1 spiro atoms. The highest BCUT2D eigenvalue weighted by Crippen LogP contribution is 2.41. The molecular weight excluding hydrogens is 506 g/mol. The van der Waals surface area contributed by atoms with Crippen molar-refractivity contribution in [3.63, 3.8) is 0 Å². The number of piperidine rings is 1. The van der Waals surface area contributed by atoms with Crippen molar-refractivity contribution in [1.82, 2.24) is 20.3 Å². The fourth-order valence-electron chi connectivity index (χ4n) is 4.87. The summed E-state index contributed by atoms with van der Waals surface area (Å²) in [7, 11) is 1.87. The molecule has 0 aliphatic carbocycles. The van der Waals surface area contributed by atoms with E-state index in [1.165, 1.54) is 18.2 Å². The Kier molecular flexibility index (Phi) is 7.73. The zero-order chi connectivity index (χ0) is 25.8. The van der Waals surface area contributed by atoms with Gasteiger partial charge in [0, 0.05) is 61.3 Å². The first-order valence-corrected chi connectivity index (χ1v) is 13.6. The maximum Gasteiger partial charge on any atom is 0.147 e. The summed E-state index contributed by atoms with van der Waals surface area (Å²) >= 11 is 8.39. The number of ether oxygens (including phenoxy) is 1. The minimum Gasteiger partial charge on any atom is -0.388 e. The lowest BCUT2D eigenvalue weighted by atomic mass is 9.78. The molecule has 4 N–H and O–H groups in total. The van der Waals surface area contributed by atoms with E-state index in [9.17, 15) is 0 Å². The van der Waals surface area contributed by atoms with Gasteiger partial charge in [-0.2, -0.15) is 0 Å². The smallest absolute Gasteiger partial charge is 0.147 e. The highest BCUT2D eigenvalue weighted by molar-refractivity contribution is 7.99. The van der Waals surface area contributed by atoms with E-state index < -0.39 is 0 Å². The summed E-state index contributed by atoms with van der Waals surface area (Å²) in [5.74, 6) is 1.41. The third-order valence-electron chi connectivity index (χ3n) is 7.19. The first-order chi connectivity index (χ1) is 18.0. The van der Waals surface area contributed by atoms with Crippen molar-refractivity contribution in [3.8, 4) is 0 Å². The molecule has 10 heteroatoms. The zero-order valence-electron chi connectivity index (χ0n) is 21.0. The van der Waals surface area contributed by atoms with E-state index in [4.69, 9.17) is 27.1 Å². The number of hydrogen-bond donors (Lipinski definition) is 3. The largest absolute Gasteiger partial charge is 0.388 e. The van der Waals surface area contributed by atoms with Crippen LogP contribution in [0.2, 0.25) is 5.02 Å². The van der Waals surface area contributed by atoms with E-state index >= 15 is 0 Å². The number of halogens is 1. The Balaban J connectivity index is 1.25. The minimum atomic E-state index is 0.374. The Hall–Kier alpha value is -3.01. The third-order valence-corrected chi connectivity index (χ3v) is 8.68. The predicted molar refractivity (Wildman–Crippen MR) is 151 cm³/mol. The molecule has 2 aliphatic rings. The van der Waals surface area contributed by atoms with Crippen molar-refractivity contribution >= 4 is 46.4 Å². The van der Waals surface area contributed by atoms with Gasteiger partial charge >= 0.3 is 0 Å². The van der Waals surface area contributed by atoms with Crippen molar-refractivity contribution < 1.29 is 4.74 Å². The Morgan fingerprint density at radius 3 is 2.62 bits per heavy atom. The number of nitrogens with one attached hydrogen (secondary N) is 2. The van der Waals surface area contributed by atoms with Crippen LogP contribution in [0.3, 0.4) is 0 Å². The highest BCUT2D eigenvalue weighted by Gasteiger charge is 2.38. The molecule has 5 rings (SSSR count). The van der Waals surface area contributed by atoms with Crippen LogP contribution in [0.5, 0.6) is 0 Å². The van der Waals surface area contributed by atoms with Gasteiger partial charge in [-0.25, -0.2) is 15.0 Å². The van der Waals surface area contributed by atoms with Crippen molar-refractivity contribution in [2.75, 3.05) is 49.3 Å². The maximum atomic E-state index is 6.90. The molecule has 0 atom stereocenters. The summed E-state index contributed by atoms with van der Waals surface area (Å²) in [6.45, 7) is 8.57. The predicted octanol–water partition coefficient (Wildman–Crippen LogP) is 5.07. The molecule has 0 radical (unpaired) electrons. The number of rotatable bonds is 8. The summed E-state index contributed by atoms with van der Waals surface area (Å²) in [6.07, 6.45) is 8.91. The van der Waals surface area contributed by atoms with Crippen LogP contribution in [0.15, 0.2) is 59.4 Å². The number of nitrogens with zero attached hydrogens (tertiary/aromatic N) is 4. The maximum absolute atomic E-state index is 6.90. The van der Waals surface area contributed by atoms with E-state index in [1.807, 2.05) is 37.6 Å². The normalized spacial score (nSPS) is 16.6. The van der Waals surface area contributed by atoms with Gasteiger partial charge in [0.1, 0.15) is 16.7 Å². The van der Waals surface area contributed by atoms with Gasteiger partial charge in [-0.05, 0) is 48.4 Å². The van der Waals surface area contributed by atoms with E-state index in [1.54, 1.807) is 12.3 Å². The lowest BCUT2D eigenvalue weighted by Crippen LogP contribution is -2.40. The van der Waals surface area contributed by atoms with Crippen LogP contribution >= 0.6 is 23.4 Å². The SMILES string of the molecule is C=C(NCc1ccc(N)nc1)c1c(NC)ccc(Sc2cnc(N3CCC4(CCOC4)CC3)cn2)c1Cl. The fraction of sp³-hybridized carbons (Fsp3) is 0.370. The summed E-state index contributed by atoms with van der Waals surface area (Å²) in [5, 5.41) is 7.96. The number of nitrogen functional groups attached to an aromatic ring is 1. The molecule has 2 saturated heterocycles. The minimum absolute atomic E-state index is 0.374. The Bertz CT molecular complexity index is 1240. The number of anilines is 3. The molecule has 0 saturated carbocycles.